The number of amides is 1. The van der Waals surface area contributed by atoms with Gasteiger partial charge in [-0.3, -0.25) is 4.79 Å². The maximum atomic E-state index is 12.1. The zero-order chi connectivity index (χ0) is 16.8. The van der Waals surface area contributed by atoms with Gasteiger partial charge in [-0.15, -0.1) is 0 Å². The Labute approximate surface area is 145 Å². The van der Waals surface area contributed by atoms with Crippen LogP contribution in [0.5, 0.6) is 0 Å². The number of anilines is 1. The Morgan fingerprint density at radius 1 is 1.21 bits per heavy atom. The van der Waals surface area contributed by atoms with Crippen molar-refractivity contribution < 1.29 is 4.79 Å². The molecular weight excluding hydrogens is 324 g/mol. The highest BCUT2D eigenvalue weighted by Crippen LogP contribution is 2.15. The van der Waals surface area contributed by atoms with Crippen LogP contribution in [0.15, 0.2) is 29.9 Å². The number of thioether (sulfide) groups is 1. The van der Waals surface area contributed by atoms with Gasteiger partial charge in [0.2, 0.25) is 5.95 Å². The van der Waals surface area contributed by atoms with Crippen molar-refractivity contribution in [2.75, 3.05) is 30.3 Å². The fourth-order valence-corrected chi connectivity index (χ4v) is 3.38. The third-order valence-electron chi connectivity index (χ3n) is 3.94. The maximum Gasteiger partial charge on any atom is 0.254 e. The number of piperidine rings is 1. The third-order valence-corrected chi connectivity index (χ3v) is 4.99. The average molecular weight is 346 g/mol. The summed E-state index contributed by atoms with van der Waals surface area (Å²) >= 11 is 1.61. The number of hydrogen-bond acceptors (Lipinski definition) is 6. The van der Waals surface area contributed by atoms with Crippen molar-refractivity contribution in [3.8, 4) is 0 Å². The Kier molecular flexibility index (Phi) is 5.68. The molecule has 1 saturated heterocycles. The van der Waals surface area contributed by atoms with E-state index in [1.54, 1.807) is 30.4 Å². The zero-order valence-electron chi connectivity index (χ0n) is 13.8. The first-order chi connectivity index (χ1) is 11.7. The quantitative estimate of drug-likeness (QED) is 0.634. The molecule has 0 saturated carbocycles. The van der Waals surface area contributed by atoms with E-state index in [9.17, 15) is 4.79 Å². The molecule has 2 aromatic heterocycles. The van der Waals surface area contributed by atoms with Crippen molar-refractivity contribution in [2.45, 2.75) is 24.4 Å². The molecule has 0 atom stereocenters. The van der Waals surface area contributed by atoms with E-state index in [2.05, 4.69) is 25.2 Å². The van der Waals surface area contributed by atoms with Gasteiger partial charge >= 0.3 is 0 Å². The van der Waals surface area contributed by atoms with Gasteiger partial charge in [0.05, 0.1) is 5.56 Å². The van der Waals surface area contributed by atoms with Gasteiger partial charge in [-0.1, -0.05) is 11.8 Å². The first kappa shape index (κ1) is 16.8. The first-order valence-electron chi connectivity index (χ1n) is 8.19. The Morgan fingerprint density at radius 2 is 1.96 bits per heavy atom. The predicted molar refractivity (Wildman–Crippen MR) is 94.4 cm³/mol. The van der Waals surface area contributed by atoms with Gasteiger partial charge in [-0.05, 0) is 19.3 Å². The molecule has 0 bridgehead atoms. The molecule has 0 spiro atoms. The number of imidazole rings is 1. The molecule has 1 aliphatic heterocycles. The van der Waals surface area contributed by atoms with Gasteiger partial charge in [-0.2, -0.15) is 0 Å². The van der Waals surface area contributed by atoms with Gasteiger partial charge in [0.15, 0.2) is 5.16 Å². The number of carbonyl (C=O) groups excluding carboxylic acids is 1. The molecular formula is C16H22N6OS. The number of carbonyl (C=O) groups is 1. The summed E-state index contributed by atoms with van der Waals surface area (Å²) in [5.41, 5.74) is 0.498. The van der Waals surface area contributed by atoms with Crippen molar-refractivity contribution in [2.24, 2.45) is 7.05 Å². The molecule has 0 aromatic carbocycles. The Bertz CT molecular complexity index is 665. The summed E-state index contributed by atoms with van der Waals surface area (Å²) in [6, 6.07) is 0. The summed E-state index contributed by atoms with van der Waals surface area (Å²) in [5.74, 6) is 1.35. The van der Waals surface area contributed by atoms with Crippen LogP contribution in [0.1, 0.15) is 29.6 Å². The van der Waals surface area contributed by atoms with Crippen LogP contribution in [0.4, 0.5) is 5.95 Å². The molecule has 1 fully saturated rings. The smallest absolute Gasteiger partial charge is 0.254 e. The average Bonchev–Trinajstić information content (AvgIpc) is 3.04. The van der Waals surface area contributed by atoms with E-state index in [1.807, 2.05) is 17.8 Å². The molecule has 2 aromatic rings. The lowest BCUT2D eigenvalue weighted by atomic mass is 10.1. The van der Waals surface area contributed by atoms with Gasteiger partial charge in [0.25, 0.3) is 5.91 Å². The summed E-state index contributed by atoms with van der Waals surface area (Å²) in [6.45, 7) is 2.57. The van der Waals surface area contributed by atoms with E-state index < -0.39 is 0 Å². The summed E-state index contributed by atoms with van der Waals surface area (Å²) in [4.78, 5) is 27.2. The van der Waals surface area contributed by atoms with Gasteiger partial charge < -0.3 is 14.8 Å². The molecule has 3 heterocycles. The molecule has 0 radical (unpaired) electrons. The van der Waals surface area contributed by atoms with Crippen LogP contribution < -0.4 is 10.2 Å². The lowest BCUT2D eigenvalue weighted by Crippen LogP contribution is -2.31. The zero-order valence-corrected chi connectivity index (χ0v) is 14.6. The Morgan fingerprint density at radius 3 is 2.62 bits per heavy atom. The summed E-state index contributed by atoms with van der Waals surface area (Å²) in [5, 5.41) is 3.83. The topological polar surface area (TPSA) is 75.9 Å². The lowest BCUT2D eigenvalue weighted by Gasteiger charge is -2.26. The second-order valence-electron chi connectivity index (χ2n) is 5.74. The van der Waals surface area contributed by atoms with Crippen LogP contribution in [0.3, 0.4) is 0 Å². The van der Waals surface area contributed by atoms with Crippen LogP contribution >= 0.6 is 11.8 Å². The minimum Gasteiger partial charge on any atom is -0.351 e. The molecule has 3 rings (SSSR count). The lowest BCUT2D eigenvalue weighted by molar-refractivity contribution is 0.0955. The third kappa shape index (κ3) is 4.25. The van der Waals surface area contributed by atoms with E-state index in [0.29, 0.717) is 12.1 Å². The van der Waals surface area contributed by atoms with Crippen molar-refractivity contribution in [3.05, 3.63) is 30.4 Å². The highest BCUT2D eigenvalue weighted by Gasteiger charge is 2.14. The minimum absolute atomic E-state index is 0.138. The van der Waals surface area contributed by atoms with Crippen molar-refractivity contribution in [1.29, 1.82) is 0 Å². The number of aromatic nitrogens is 4. The van der Waals surface area contributed by atoms with Crippen LogP contribution in [0.2, 0.25) is 0 Å². The van der Waals surface area contributed by atoms with Crippen molar-refractivity contribution >= 4 is 23.6 Å². The predicted octanol–water partition coefficient (Wildman–Crippen LogP) is 1.72. The number of aryl methyl sites for hydroxylation is 1. The number of nitrogens with one attached hydrogen (secondary N) is 1. The van der Waals surface area contributed by atoms with E-state index in [1.165, 1.54) is 19.3 Å². The molecule has 1 amide bonds. The van der Waals surface area contributed by atoms with Gasteiger partial charge in [0, 0.05) is 57.2 Å². The molecule has 0 unspecified atom stereocenters. The van der Waals surface area contributed by atoms with Crippen LogP contribution in [-0.2, 0) is 7.05 Å². The SMILES string of the molecule is Cn1ccnc1SCCNC(=O)c1cnc(N2CCCCC2)nc1. The van der Waals surface area contributed by atoms with Crippen molar-refractivity contribution in [1.82, 2.24) is 24.8 Å². The Balaban J connectivity index is 1.45. The fourth-order valence-electron chi connectivity index (χ4n) is 2.60. The van der Waals surface area contributed by atoms with Crippen LogP contribution in [0, 0.1) is 0 Å². The highest BCUT2D eigenvalue weighted by atomic mass is 32.2. The number of nitrogens with zero attached hydrogens (tertiary/aromatic N) is 5. The normalized spacial score (nSPS) is 14.6. The fraction of sp³-hybridized carbons (Fsp3) is 0.500. The largest absolute Gasteiger partial charge is 0.351 e. The van der Waals surface area contributed by atoms with Gasteiger partial charge in [-0.25, -0.2) is 15.0 Å². The molecule has 7 nitrogen and oxygen atoms in total. The maximum absolute atomic E-state index is 12.1. The van der Waals surface area contributed by atoms with Crippen LogP contribution in [0.25, 0.3) is 0 Å². The summed E-state index contributed by atoms with van der Waals surface area (Å²) in [7, 11) is 1.95. The standard InChI is InChI=1S/C16H22N6OS/c1-21-9-5-18-16(21)24-10-6-17-14(23)13-11-19-15(20-12-13)22-7-3-2-4-8-22/h5,9,11-12H,2-4,6-8,10H2,1H3,(H,17,23). The second kappa shape index (κ2) is 8.14. The highest BCUT2D eigenvalue weighted by molar-refractivity contribution is 7.99. The number of hydrogen-bond donors (Lipinski definition) is 1. The molecule has 24 heavy (non-hydrogen) atoms. The minimum atomic E-state index is -0.138. The first-order valence-corrected chi connectivity index (χ1v) is 9.18. The summed E-state index contributed by atoms with van der Waals surface area (Å²) in [6.07, 6.45) is 10.5. The second-order valence-corrected chi connectivity index (χ2v) is 6.81. The van der Waals surface area contributed by atoms with E-state index in [-0.39, 0.29) is 5.91 Å². The van der Waals surface area contributed by atoms with E-state index in [4.69, 9.17) is 0 Å². The van der Waals surface area contributed by atoms with Crippen molar-refractivity contribution in [3.63, 3.8) is 0 Å². The molecule has 1 aliphatic rings. The van der Waals surface area contributed by atoms with E-state index >= 15 is 0 Å². The van der Waals surface area contributed by atoms with Gasteiger partial charge in [0.1, 0.15) is 0 Å². The molecule has 0 aliphatic carbocycles. The van der Waals surface area contributed by atoms with Crippen LogP contribution in [-0.4, -0.2) is 50.8 Å². The number of rotatable bonds is 6. The monoisotopic (exact) mass is 346 g/mol. The molecule has 8 heteroatoms. The molecule has 128 valence electrons. The summed E-state index contributed by atoms with van der Waals surface area (Å²) < 4.78 is 1.96. The van der Waals surface area contributed by atoms with E-state index in [0.717, 1.165) is 29.9 Å². The Hall–Kier alpha value is -2.09. The molecule has 1 N–H and O–H groups in total.